The minimum absolute atomic E-state index is 0.0439. The fraction of sp³-hybridized carbons (Fsp3) is 0.200. The Morgan fingerprint density at radius 3 is 2.56 bits per heavy atom. The molecular weight excluding hydrogens is 481 g/mol. The van der Waals surface area contributed by atoms with Gasteiger partial charge in [0.2, 0.25) is 0 Å². The Morgan fingerprint density at radius 2 is 1.76 bits per heavy atom. The molecule has 0 aliphatic carbocycles. The van der Waals surface area contributed by atoms with Crippen LogP contribution in [0.25, 0.3) is 0 Å². The molecule has 1 N–H and O–H groups in total. The Morgan fingerprint density at radius 1 is 1.00 bits per heavy atom. The number of carbonyl (C=O) groups is 2. The number of carboxylic acids is 1. The maximum absolute atomic E-state index is 12.6. The van der Waals surface area contributed by atoms with Crippen LogP contribution in [0.4, 0.5) is 4.79 Å². The molecule has 0 saturated heterocycles. The molecule has 0 amide bonds. The summed E-state index contributed by atoms with van der Waals surface area (Å²) in [5.41, 5.74) is 3.18. The second-order valence-electron chi connectivity index (χ2n) is 7.58. The van der Waals surface area contributed by atoms with E-state index in [1.165, 1.54) is 5.06 Å². The van der Waals surface area contributed by atoms with Crippen molar-refractivity contribution in [2.75, 3.05) is 13.2 Å². The highest BCUT2D eigenvalue weighted by atomic mass is 35.5. The van der Waals surface area contributed by atoms with E-state index in [0.29, 0.717) is 39.9 Å². The van der Waals surface area contributed by atoms with Crippen LogP contribution in [0, 0.1) is 0 Å². The van der Waals surface area contributed by atoms with E-state index in [2.05, 4.69) is 0 Å². The minimum Gasteiger partial charge on any atom is -0.482 e. The minimum atomic E-state index is -1.11. The van der Waals surface area contributed by atoms with Crippen LogP contribution in [-0.4, -0.2) is 35.4 Å². The van der Waals surface area contributed by atoms with Crippen LogP contribution in [0.2, 0.25) is 10.0 Å². The van der Waals surface area contributed by atoms with Crippen molar-refractivity contribution in [1.82, 2.24) is 5.06 Å². The largest absolute Gasteiger partial charge is 0.528 e. The number of carboxylic acid groups (broad SMARTS) is 1. The summed E-state index contributed by atoms with van der Waals surface area (Å²) >= 11 is 12.4. The van der Waals surface area contributed by atoms with Gasteiger partial charge in [-0.2, -0.15) is 0 Å². The maximum atomic E-state index is 12.6. The number of hydrogen-bond donors (Lipinski definition) is 1. The number of nitrogens with zero attached hydrogens (tertiary/aromatic N) is 1. The van der Waals surface area contributed by atoms with Crippen molar-refractivity contribution >= 4 is 35.3 Å². The van der Waals surface area contributed by atoms with E-state index in [9.17, 15) is 9.59 Å². The molecule has 0 spiro atoms. The number of carbonyl (C=O) groups excluding carboxylic acids is 1. The first kappa shape index (κ1) is 23.9. The zero-order valence-corrected chi connectivity index (χ0v) is 19.5. The van der Waals surface area contributed by atoms with E-state index >= 15 is 0 Å². The molecule has 0 bridgehead atoms. The molecular formula is C25H21Cl2NO6. The maximum Gasteiger partial charge on any atom is 0.528 e. The summed E-state index contributed by atoms with van der Waals surface area (Å²) in [5, 5.41) is 11.5. The second kappa shape index (κ2) is 10.8. The number of aliphatic carboxylic acids is 1. The summed E-state index contributed by atoms with van der Waals surface area (Å²) in [6, 6.07) is 19.1. The Labute approximate surface area is 206 Å². The molecule has 9 heteroatoms. The lowest BCUT2D eigenvalue weighted by atomic mass is 9.89. The zero-order chi connectivity index (χ0) is 24.1. The van der Waals surface area contributed by atoms with Crippen LogP contribution in [-0.2, 0) is 27.4 Å². The standard InChI is InChI=1S/C25H21Cl2NO6/c26-18-9-10-22(32-15-23(29)30)20(13-18)24-19-7-3-1-5-16(19)11-12-28(24)34-25(31)33-14-17-6-2-4-8-21(17)27/h1-10,13,24H,11-12,14-15H2,(H,29,30)/t24-/m0/s1. The molecule has 0 saturated carbocycles. The smallest absolute Gasteiger partial charge is 0.482 e. The highest BCUT2D eigenvalue weighted by Gasteiger charge is 2.34. The van der Waals surface area contributed by atoms with Gasteiger partial charge in [-0.1, -0.05) is 65.7 Å². The van der Waals surface area contributed by atoms with Gasteiger partial charge in [-0.25, -0.2) is 9.59 Å². The fourth-order valence-electron chi connectivity index (χ4n) is 3.84. The van der Waals surface area contributed by atoms with E-state index in [4.69, 9.17) is 42.6 Å². The Bertz CT molecular complexity index is 1200. The number of hydroxylamine groups is 2. The summed E-state index contributed by atoms with van der Waals surface area (Å²) in [6.45, 7) is -0.185. The summed E-state index contributed by atoms with van der Waals surface area (Å²) in [5.74, 6) is -0.785. The van der Waals surface area contributed by atoms with Crippen molar-refractivity contribution in [2.45, 2.75) is 19.1 Å². The van der Waals surface area contributed by atoms with Gasteiger partial charge in [0.05, 0.1) is 6.04 Å². The van der Waals surface area contributed by atoms with Gasteiger partial charge in [-0.15, -0.1) is 5.06 Å². The molecule has 7 nitrogen and oxygen atoms in total. The second-order valence-corrected chi connectivity index (χ2v) is 8.42. The van der Waals surface area contributed by atoms with Gasteiger partial charge >= 0.3 is 12.1 Å². The number of benzene rings is 3. The predicted molar refractivity (Wildman–Crippen MR) is 126 cm³/mol. The van der Waals surface area contributed by atoms with Crippen molar-refractivity contribution in [2.24, 2.45) is 0 Å². The lowest BCUT2D eigenvalue weighted by molar-refractivity contribution is -0.152. The molecule has 0 aromatic heterocycles. The van der Waals surface area contributed by atoms with E-state index in [0.717, 1.165) is 11.1 Å². The van der Waals surface area contributed by atoms with Gasteiger partial charge in [0.25, 0.3) is 0 Å². The van der Waals surface area contributed by atoms with Crippen LogP contribution in [0.1, 0.15) is 28.3 Å². The van der Waals surface area contributed by atoms with Crippen molar-refractivity contribution in [3.05, 3.63) is 99.0 Å². The van der Waals surface area contributed by atoms with Crippen molar-refractivity contribution in [3.8, 4) is 5.75 Å². The van der Waals surface area contributed by atoms with Gasteiger partial charge in [-0.05, 0) is 41.8 Å². The molecule has 0 radical (unpaired) electrons. The first-order chi connectivity index (χ1) is 16.4. The summed E-state index contributed by atoms with van der Waals surface area (Å²) < 4.78 is 10.8. The molecule has 34 heavy (non-hydrogen) atoms. The number of fused-ring (bicyclic) bond motifs is 1. The molecule has 3 aromatic rings. The molecule has 0 fully saturated rings. The third-order valence-corrected chi connectivity index (χ3v) is 5.96. The van der Waals surface area contributed by atoms with Gasteiger partial charge in [0.1, 0.15) is 12.4 Å². The summed E-state index contributed by atoms with van der Waals surface area (Å²) in [6.07, 6.45) is -0.254. The predicted octanol–water partition coefficient (Wildman–Crippen LogP) is 5.67. The SMILES string of the molecule is O=C(O)COc1ccc(Cl)cc1[C@@H]1c2ccccc2CCN1OC(=O)OCc1ccccc1Cl. The summed E-state index contributed by atoms with van der Waals surface area (Å²) in [4.78, 5) is 29.3. The molecule has 3 aromatic carbocycles. The van der Waals surface area contributed by atoms with E-state index in [1.54, 1.807) is 42.5 Å². The fourth-order valence-corrected chi connectivity index (χ4v) is 4.21. The van der Waals surface area contributed by atoms with E-state index < -0.39 is 24.8 Å². The first-order valence-electron chi connectivity index (χ1n) is 10.5. The van der Waals surface area contributed by atoms with Crippen LogP contribution in [0.5, 0.6) is 5.75 Å². The number of hydrogen-bond acceptors (Lipinski definition) is 6. The molecule has 1 atom stereocenters. The van der Waals surface area contributed by atoms with Crippen LogP contribution in [0.3, 0.4) is 0 Å². The molecule has 0 unspecified atom stereocenters. The average Bonchev–Trinajstić information content (AvgIpc) is 2.82. The lowest BCUT2D eigenvalue weighted by Crippen LogP contribution is -2.38. The Kier molecular flexibility index (Phi) is 7.57. The molecule has 4 rings (SSSR count). The van der Waals surface area contributed by atoms with Crippen molar-refractivity contribution < 1.29 is 29.0 Å². The average molecular weight is 502 g/mol. The van der Waals surface area contributed by atoms with Crippen molar-refractivity contribution in [1.29, 1.82) is 0 Å². The molecule has 1 aliphatic rings. The Hall–Kier alpha value is -3.26. The highest BCUT2D eigenvalue weighted by Crippen LogP contribution is 2.40. The highest BCUT2D eigenvalue weighted by molar-refractivity contribution is 6.31. The number of ether oxygens (including phenoxy) is 2. The van der Waals surface area contributed by atoms with Gasteiger partial charge < -0.3 is 19.4 Å². The van der Waals surface area contributed by atoms with Crippen LogP contribution >= 0.6 is 23.2 Å². The van der Waals surface area contributed by atoms with E-state index in [1.807, 2.05) is 24.3 Å². The third-order valence-electron chi connectivity index (χ3n) is 5.35. The van der Waals surface area contributed by atoms with E-state index in [-0.39, 0.29) is 6.61 Å². The number of rotatable bonds is 7. The number of halogens is 2. The molecule has 1 aliphatic heterocycles. The normalized spacial score (nSPS) is 15.3. The monoisotopic (exact) mass is 501 g/mol. The zero-order valence-electron chi connectivity index (χ0n) is 17.9. The molecule has 176 valence electrons. The van der Waals surface area contributed by atoms with Gasteiger partial charge in [0, 0.05) is 27.7 Å². The first-order valence-corrected chi connectivity index (χ1v) is 11.2. The lowest BCUT2D eigenvalue weighted by Gasteiger charge is -2.36. The van der Waals surface area contributed by atoms with Crippen LogP contribution in [0.15, 0.2) is 66.7 Å². The van der Waals surface area contributed by atoms with Crippen molar-refractivity contribution in [3.63, 3.8) is 0 Å². The van der Waals surface area contributed by atoms with Gasteiger partial charge in [0.15, 0.2) is 6.61 Å². The topological polar surface area (TPSA) is 85.3 Å². The van der Waals surface area contributed by atoms with Crippen LogP contribution < -0.4 is 4.74 Å². The van der Waals surface area contributed by atoms with Gasteiger partial charge in [-0.3, -0.25) is 0 Å². The summed E-state index contributed by atoms with van der Waals surface area (Å²) in [7, 11) is 0. The Balaban J connectivity index is 1.61. The molecule has 1 heterocycles. The third kappa shape index (κ3) is 5.62. The quantitative estimate of drug-likeness (QED) is 0.417.